The minimum atomic E-state index is -3.77. The number of benzene rings is 2. The van der Waals surface area contributed by atoms with Gasteiger partial charge < -0.3 is 0 Å². The van der Waals surface area contributed by atoms with Gasteiger partial charge in [0.05, 0.1) is 11.0 Å². The predicted molar refractivity (Wildman–Crippen MR) is 83.9 cm³/mol. The number of fused-ring (bicyclic) bond motifs is 1. The summed E-state index contributed by atoms with van der Waals surface area (Å²) in [5, 5.41) is 9.55. The molecule has 0 N–H and O–H groups in total. The van der Waals surface area contributed by atoms with Crippen molar-refractivity contribution in [3.63, 3.8) is 0 Å². The summed E-state index contributed by atoms with van der Waals surface area (Å²) in [5.41, 5.74) is 2.12. The molecule has 0 aromatic heterocycles. The average molecular weight is 310 g/mol. The van der Waals surface area contributed by atoms with Crippen LogP contribution in [0.5, 0.6) is 0 Å². The van der Waals surface area contributed by atoms with Gasteiger partial charge in [0, 0.05) is 5.70 Å². The molecule has 0 fully saturated rings. The first-order valence-corrected chi connectivity index (χ1v) is 8.26. The number of nitriles is 1. The van der Waals surface area contributed by atoms with Crippen LogP contribution in [0.15, 0.2) is 65.2 Å². The molecule has 22 heavy (non-hydrogen) atoms. The Morgan fingerprint density at radius 2 is 1.68 bits per heavy atom. The van der Waals surface area contributed by atoms with Crippen molar-refractivity contribution in [1.82, 2.24) is 4.31 Å². The summed E-state index contributed by atoms with van der Waals surface area (Å²) >= 11 is 0. The van der Waals surface area contributed by atoms with Gasteiger partial charge in [-0.05, 0) is 36.3 Å². The molecule has 3 rings (SSSR count). The van der Waals surface area contributed by atoms with Crippen LogP contribution >= 0.6 is 0 Å². The second-order valence-electron chi connectivity index (χ2n) is 5.06. The van der Waals surface area contributed by atoms with Gasteiger partial charge in [0.15, 0.2) is 6.04 Å². The molecule has 0 spiro atoms. The monoisotopic (exact) mass is 310 g/mol. The van der Waals surface area contributed by atoms with Crippen LogP contribution in [0.25, 0.3) is 6.08 Å². The van der Waals surface area contributed by atoms with E-state index >= 15 is 0 Å². The number of rotatable bonds is 2. The molecule has 110 valence electrons. The van der Waals surface area contributed by atoms with E-state index in [-0.39, 0.29) is 4.90 Å². The first kappa shape index (κ1) is 14.4. The molecule has 0 saturated heterocycles. The maximum atomic E-state index is 12.9. The molecular weight excluding hydrogens is 296 g/mol. The second-order valence-corrected chi connectivity index (χ2v) is 6.88. The number of sulfonamides is 1. The Morgan fingerprint density at radius 1 is 1.05 bits per heavy atom. The molecule has 1 aliphatic rings. The zero-order valence-electron chi connectivity index (χ0n) is 12.0. The van der Waals surface area contributed by atoms with Crippen molar-refractivity contribution in [3.05, 3.63) is 71.4 Å². The van der Waals surface area contributed by atoms with Gasteiger partial charge in [-0.25, -0.2) is 12.7 Å². The van der Waals surface area contributed by atoms with E-state index in [1.165, 1.54) is 16.4 Å². The maximum Gasteiger partial charge on any atom is 0.265 e. The van der Waals surface area contributed by atoms with Crippen molar-refractivity contribution in [2.45, 2.75) is 17.9 Å². The Kier molecular flexibility index (Phi) is 3.47. The third kappa shape index (κ3) is 2.18. The van der Waals surface area contributed by atoms with E-state index in [0.717, 1.165) is 5.56 Å². The predicted octanol–water partition coefficient (Wildman–Crippen LogP) is 3.32. The summed E-state index contributed by atoms with van der Waals surface area (Å²) in [7, 11) is -3.77. The van der Waals surface area contributed by atoms with Gasteiger partial charge in [-0.15, -0.1) is 0 Å². The molecule has 2 aromatic rings. The van der Waals surface area contributed by atoms with E-state index in [4.69, 9.17) is 0 Å². The molecule has 1 atom stereocenters. The standard InChI is InChI=1S/C17H14N2O2S/c1-13-11-14-7-5-6-10-16(14)17(12-18)19(13)22(20,21)15-8-3-2-4-9-15/h2-11,17H,1H3/t17-/m0/s1. The highest BCUT2D eigenvalue weighted by molar-refractivity contribution is 7.89. The Hall–Kier alpha value is -2.58. The Bertz CT molecular complexity index is 880. The summed E-state index contributed by atoms with van der Waals surface area (Å²) in [5.74, 6) is 0. The molecule has 0 radical (unpaired) electrons. The van der Waals surface area contributed by atoms with Gasteiger partial charge in [0.1, 0.15) is 0 Å². The Morgan fingerprint density at radius 3 is 2.36 bits per heavy atom. The molecule has 5 heteroatoms. The molecule has 0 aliphatic carbocycles. The normalized spacial score (nSPS) is 17.4. The Balaban J connectivity index is 2.18. The van der Waals surface area contributed by atoms with E-state index in [1.54, 1.807) is 37.3 Å². The molecule has 0 bridgehead atoms. The van der Waals surface area contributed by atoms with E-state index in [0.29, 0.717) is 11.3 Å². The third-order valence-corrected chi connectivity index (χ3v) is 5.54. The lowest BCUT2D eigenvalue weighted by Gasteiger charge is -2.33. The van der Waals surface area contributed by atoms with Gasteiger partial charge in [0.25, 0.3) is 10.0 Å². The van der Waals surface area contributed by atoms with Crippen LogP contribution in [0.3, 0.4) is 0 Å². The fourth-order valence-corrected chi connectivity index (χ4v) is 4.26. The van der Waals surface area contributed by atoms with Gasteiger partial charge in [-0.3, -0.25) is 0 Å². The third-order valence-electron chi connectivity index (χ3n) is 3.66. The molecule has 1 heterocycles. The topological polar surface area (TPSA) is 61.2 Å². The van der Waals surface area contributed by atoms with Gasteiger partial charge in [-0.1, -0.05) is 42.5 Å². The summed E-state index contributed by atoms with van der Waals surface area (Å²) in [6.07, 6.45) is 1.80. The van der Waals surface area contributed by atoms with Crippen molar-refractivity contribution in [2.24, 2.45) is 0 Å². The van der Waals surface area contributed by atoms with Crippen LogP contribution in [0.4, 0.5) is 0 Å². The van der Waals surface area contributed by atoms with Crippen molar-refractivity contribution < 1.29 is 8.42 Å². The fourth-order valence-electron chi connectivity index (χ4n) is 2.67. The van der Waals surface area contributed by atoms with Crippen molar-refractivity contribution in [2.75, 3.05) is 0 Å². The molecule has 4 nitrogen and oxygen atoms in total. The van der Waals surface area contributed by atoms with Crippen LogP contribution in [-0.2, 0) is 10.0 Å². The fraction of sp³-hybridized carbons (Fsp3) is 0.118. The summed E-state index contributed by atoms with van der Waals surface area (Å²) < 4.78 is 27.0. The summed E-state index contributed by atoms with van der Waals surface area (Å²) in [6.45, 7) is 1.71. The van der Waals surface area contributed by atoms with E-state index in [9.17, 15) is 13.7 Å². The van der Waals surface area contributed by atoms with Crippen molar-refractivity contribution >= 4 is 16.1 Å². The van der Waals surface area contributed by atoms with Crippen molar-refractivity contribution in [3.8, 4) is 6.07 Å². The van der Waals surface area contributed by atoms with Crippen LogP contribution in [-0.4, -0.2) is 12.7 Å². The number of nitrogens with zero attached hydrogens (tertiary/aromatic N) is 2. The van der Waals surface area contributed by atoms with Crippen LogP contribution in [0.2, 0.25) is 0 Å². The quantitative estimate of drug-likeness (QED) is 0.855. The summed E-state index contributed by atoms with van der Waals surface area (Å²) in [6, 6.07) is 16.8. The number of hydrogen-bond donors (Lipinski definition) is 0. The maximum absolute atomic E-state index is 12.9. The minimum absolute atomic E-state index is 0.183. The Labute approximate surface area is 130 Å². The molecule has 0 unspecified atom stereocenters. The largest absolute Gasteiger partial charge is 0.265 e. The first-order chi connectivity index (χ1) is 10.6. The number of hydrogen-bond acceptors (Lipinski definition) is 3. The van der Waals surface area contributed by atoms with E-state index in [1.807, 2.05) is 18.2 Å². The van der Waals surface area contributed by atoms with Crippen LogP contribution in [0, 0.1) is 11.3 Å². The minimum Gasteiger partial charge on any atom is -0.249 e. The highest BCUT2D eigenvalue weighted by atomic mass is 32.2. The zero-order chi connectivity index (χ0) is 15.7. The summed E-state index contributed by atoms with van der Waals surface area (Å²) in [4.78, 5) is 0.183. The van der Waals surface area contributed by atoms with Gasteiger partial charge in [-0.2, -0.15) is 5.26 Å². The van der Waals surface area contributed by atoms with E-state index in [2.05, 4.69) is 6.07 Å². The first-order valence-electron chi connectivity index (χ1n) is 6.82. The lowest BCUT2D eigenvalue weighted by Crippen LogP contribution is -2.35. The smallest absolute Gasteiger partial charge is 0.249 e. The van der Waals surface area contributed by atoms with Gasteiger partial charge in [0.2, 0.25) is 0 Å². The van der Waals surface area contributed by atoms with Crippen molar-refractivity contribution in [1.29, 1.82) is 5.26 Å². The molecule has 0 saturated carbocycles. The highest BCUT2D eigenvalue weighted by Gasteiger charge is 2.36. The lowest BCUT2D eigenvalue weighted by atomic mass is 9.97. The van der Waals surface area contributed by atoms with Gasteiger partial charge >= 0.3 is 0 Å². The SMILES string of the molecule is CC1=Cc2ccccc2[C@H](C#N)N1S(=O)(=O)c1ccccc1. The molecule has 1 aliphatic heterocycles. The lowest BCUT2D eigenvalue weighted by molar-refractivity contribution is 0.436. The average Bonchev–Trinajstić information content (AvgIpc) is 2.54. The van der Waals surface area contributed by atoms with Crippen LogP contribution < -0.4 is 0 Å². The second kappa shape index (κ2) is 5.32. The molecule has 2 aromatic carbocycles. The van der Waals surface area contributed by atoms with E-state index < -0.39 is 16.1 Å². The number of allylic oxidation sites excluding steroid dienone is 1. The molecule has 0 amide bonds. The zero-order valence-corrected chi connectivity index (χ0v) is 12.8. The highest BCUT2D eigenvalue weighted by Crippen LogP contribution is 2.37. The van der Waals surface area contributed by atoms with Crippen LogP contribution in [0.1, 0.15) is 24.1 Å². The molecular formula is C17H14N2O2S.